The molecule has 4 aromatic rings. The second-order valence-electron chi connectivity index (χ2n) is 7.17. The molecule has 178 valence electrons. The Hall–Kier alpha value is -3.63. The molecule has 0 fully saturated rings. The van der Waals surface area contributed by atoms with E-state index in [9.17, 15) is 4.79 Å². The molecule has 3 aromatic carbocycles. The van der Waals surface area contributed by atoms with Gasteiger partial charge in [0.1, 0.15) is 11.5 Å². The number of hydrogen-bond acceptors (Lipinski definition) is 7. The van der Waals surface area contributed by atoms with E-state index >= 15 is 0 Å². The number of hydrogen-bond donors (Lipinski definition) is 1. The SMILES string of the molecule is COc1ccc(-n2c(SCC(=O)NN=Cc3cc(Br)ccc3OC)nnc2-c2ccccc2)cc1. The van der Waals surface area contributed by atoms with Crippen molar-refractivity contribution in [2.24, 2.45) is 5.10 Å². The van der Waals surface area contributed by atoms with E-state index in [1.54, 1.807) is 20.4 Å². The zero-order valence-corrected chi connectivity index (χ0v) is 21.4. The molecule has 0 bridgehead atoms. The van der Waals surface area contributed by atoms with E-state index in [2.05, 4.69) is 36.7 Å². The molecule has 0 atom stereocenters. The second kappa shape index (κ2) is 11.7. The van der Waals surface area contributed by atoms with Gasteiger partial charge in [-0.3, -0.25) is 9.36 Å². The minimum atomic E-state index is -0.272. The first-order chi connectivity index (χ1) is 17.1. The number of carbonyl (C=O) groups is 1. The molecule has 0 aliphatic heterocycles. The number of nitrogens with one attached hydrogen (secondary N) is 1. The number of aromatic nitrogens is 3. The molecule has 0 saturated carbocycles. The van der Waals surface area contributed by atoms with E-state index in [0.717, 1.165) is 27.0 Å². The van der Waals surface area contributed by atoms with Crippen LogP contribution in [0.25, 0.3) is 17.1 Å². The average Bonchev–Trinajstić information content (AvgIpc) is 3.32. The summed E-state index contributed by atoms with van der Waals surface area (Å²) in [5.41, 5.74) is 5.06. The molecule has 8 nitrogen and oxygen atoms in total. The number of hydrazone groups is 1. The van der Waals surface area contributed by atoms with Crippen LogP contribution < -0.4 is 14.9 Å². The summed E-state index contributed by atoms with van der Waals surface area (Å²) in [6, 6.07) is 22.9. The fraction of sp³-hybridized carbons (Fsp3) is 0.120. The molecule has 0 radical (unpaired) electrons. The number of rotatable bonds is 9. The van der Waals surface area contributed by atoms with Crippen LogP contribution in [0.1, 0.15) is 5.56 Å². The Bertz CT molecular complexity index is 1330. The lowest BCUT2D eigenvalue weighted by molar-refractivity contribution is -0.118. The van der Waals surface area contributed by atoms with Crippen LogP contribution in [0.3, 0.4) is 0 Å². The van der Waals surface area contributed by atoms with Crippen molar-refractivity contribution in [2.45, 2.75) is 5.16 Å². The first kappa shape index (κ1) is 24.5. The molecule has 0 aliphatic carbocycles. The first-order valence-electron chi connectivity index (χ1n) is 10.5. The normalized spacial score (nSPS) is 10.9. The molecule has 0 unspecified atom stereocenters. The van der Waals surface area contributed by atoms with E-state index in [0.29, 0.717) is 16.7 Å². The van der Waals surface area contributed by atoms with Crippen molar-refractivity contribution in [2.75, 3.05) is 20.0 Å². The maximum Gasteiger partial charge on any atom is 0.250 e. The predicted molar refractivity (Wildman–Crippen MR) is 141 cm³/mol. The van der Waals surface area contributed by atoms with Gasteiger partial charge in [0, 0.05) is 21.3 Å². The van der Waals surface area contributed by atoms with Crippen LogP contribution in [-0.2, 0) is 4.79 Å². The molecule has 0 spiro atoms. The van der Waals surface area contributed by atoms with E-state index < -0.39 is 0 Å². The third-order valence-electron chi connectivity index (χ3n) is 4.91. The van der Waals surface area contributed by atoms with Crippen molar-refractivity contribution in [1.29, 1.82) is 0 Å². The van der Waals surface area contributed by atoms with Crippen LogP contribution in [0.4, 0.5) is 0 Å². The standard InChI is InChI=1S/C25H22BrN5O3S/c1-33-21-11-9-20(10-12-21)31-24(17-6-4-3-5-7-17)29-30-25(31)35-16-23(32)28-27-15-18-14-19(26)8-13-22(18)34-2/h3-15H,16H2,1-2H3,(H,28,32). The Morgan fingerprint density at radius 1 is 1.06 bits per heavy atom. The number of nitrogens with zero attached hydrogens (tertiary/aromatic N) is 4. The summed E-state index contributed by atoms with van der Waals surface area (Å²) in [6.45, 7) is 0. The number of methoxy groups -OCH3 is 2. The Morgan fingerprint density at radius 3 is 2.54 bits per heavy atom. The van der Waals surface area contributed by atoms with Gasteiger partial charge in [0.05, 0.1) is 26.2 Å². The summed E-state index contributed by atoms with van der Waals surface area (Å²) in [4.78, 5) is 12.5. The van der Waals surface area contributed by atoms with E-state index in [1.165, 1.54) is 11.8 Å². The van der Waals surface area contributed by atoms with Crippen LogP contribution in [0, 0.1) is 0 Å². The van der Waals surface area contributed by atoms with Gasteiger partial charge in [0.15, 0.2) is 11.0 Å². The Kier molecular flexibility index (Phi) is 8.17. The molecule has 0 saturated heterocycles. The lowest BCUT2D eigenvalue weighted by atomic mass is 10.2. The monoisotopic (exact) mass is 551 g/mol. The average molecular weight is 552 g/mol. The lowest BCUT2D eigenvalue weighted by Gasteiger charge is -2.11. The maximum atomic E-state index is 12.5. The second-order valence-corrected chi connectivity index (χ2v) is 9.03. The third kappa shape index (κ3) is 6.09. The Morgan fingerprint density at radius 2 is 1.83 bits per heavy atom. The van der Waals surface area contributed by atoms with Crippen molar-refractivity contribution in [3.05, 3.63) is 82.8 Å². The van der Waals surface area contributed by atoms with Crippen LogP contribution in [0.15, 0.2) is 87.5 Å². The summed E-state index contributed by atoms with van der Waals surface area (Å²) in [5, 5.41) is 13.4. The lowest BCUT2D eigenvalue weighted by Crippen LogP contribution is -2.20. The summed E-state index contributed by atoms with van der Waals surface area (Å²) in [6.07, 6.45) is 1.54. The highest BCUT2D eigenvalue weighted by atomic mass is 79.9. The highest BCUT2D eigenvalue weighted by molar-refractivity contribution is 9.10. The number of amides is 1. The van der Waals surface area contributed by atoms with Crippen molar-refractivity contribution in [3.63, 3.8) is 0 Å². The number of halogens is 1. The van der Waals surface area contributed by atoms with Gasteiger partial charge in [-0.25, -0.2) is 5.43 Å². The molecule has 1 heterocycles. The summed E-state index contributed by atoms with van der Waals surface area (Å²) in [7, 11) is 3.21. The summed E-state index contributed by atoms with van der Waals surface area (Å²) < 4.78 is 13.4. The van der Waals surface area contributed by atoms with Crippen LogP contribution in [-0.4, -0.2) is 46.9 Å². The number of ether oxygens (including phenoxy) is 2. The van der Waals surface area contributed by atoms with E-state index in [1.807, 2.05) is 77.4 Å². The molecule has 1 N–H and O–H groups in total. The van der Waals surface area contributed by atoms with E-state index in [4.69, 9.17) is 9.47 Å². The third-order valence-corrected chi connectivity index (χ3v) is 6.34. The number of thioether (sulfide) groups is 1. The Labute approximate surface area is 215 Å². The molecular weight excluding hydrogens is 530 g/mol. The molecular formula is C25H22BrN5O3S. The Balaban J connectivity index is 1.50. The topological polar surface area (TPSA) is 90.6 Å². The first-order valence-corrected chi connectivity index (χ1v) is 12.3. The molecule has 10 heteroatoms. The molecule has 1 amide bonds. The van der Waals surface area contributed by atoms with E-state index in [-0.39, 0.29) is 11.7 Å². The largest absolute Gasteiger partial charge is 0.497 e. The van der Waals surface area contributed by atoms with Gasteiger partial charge in [0.2, 0.25) is 0 Å². The van der Waals surface area contributed by atoms with Crippen LogP contribution >= 0.6 is 27.7 Å². The van der Waals surface area contributed by atoms with Gasteiger partial charge >= 0.3 is 0 Å². The minimum absolute atomic E-state index is 0.107. The van der Waals surface area contributed by atoms with Gasteiger partial charge in [-0.1, -0.05) is 58.0 Å². The quantitative estimate of drug-likeness (QED) is 0.180. The summed E-state index contributed by atoms with van der Waals surface area (Å²) >= 11 is 4.69. The minimum Gasteiger partial charge on any atom is -0.497 e. The molecule has 0 aliphatic rings. The van der Waals surface area contributed by atoms with Crippen molar-refractivity contribution >= 4 is 39.8 Å². The van der Waals surface area contributed by atoms with Crippen molar-refractivity contribution in [3.8, 4) is 28.6 Å². The number of benzene rings is 3. The zero-order valence-electron chi connectivity index (χ0n) is 19.0. The fourth-order valence-corrected chi connectivity index (χ4v) is 4.37. The van der Waals surface area contributed by atoms with Crippen LogP contribution in [0.5, 0.6) is 11.5 Å². The number of carbonyl (C=O) groups excluding carboxylic acids is 1. The zero-order chi connectivity index (χ0) is 24.6. The van der Waals surface area contributed by atoms with Gasteiger partial charge in [0.25, 0.3) is 5.91 Å². The molecule has 4 rings (SSSR count). The predicted octanol–water partition coefficient (Wildman–Crippen LogP) is 4.96. The molecule has 35 heavy (non-hydrogen) atoms. The fourth-order valence-electron chi connectivity index (χ4n) is 3.24. The van der Waals surface area contributed by atoms with Gasteiger partial charge in [-0.2, -0.15) is 5.10 Å². The van der Waals surface area contributed by atoms with Crippen molar-refractivity contribution < 1.29 is 14.3 Å². The highest BCUT2D eigenvalue weighted by Crippen LogP contribution is 2.29. The van der Waals surface area contributed by atoms with Crippen molar-refractivity contribution in [1.82, 2.24) is 20.2 Å². The smallest absolute Gasteiger partial charge is 0.250 e. The van der Waals surface area contributed by atoms with Gasteiger partial charge < -0.3 is 9.47 Å². The molecule has 1 aromatic heterocycles. The van der Waals surface area contributed by atoms with Gasteiger partial charge in [-0.05, 0) is 42.5 Å². The highest BCUT2D eigenvalue weighted by Gasteiger charge is 2.17. The van der Waals surface area contributed by atoms with Crippen LogP contribution in [0.2, 0.25) is 0 Å². The maximum absolute atomic E-state index is 12.5. The summed E-state index contributed by atoms with van der Waals surface area (Å²) in [5.74, 6) is 1.91. The van der Waals surface area contributed by atoms with Gasteiger partial charge in [-0.15, -0.1) is 10.2 Å².